The van der Waals surface area contributed by atoms with Gasteiger partial charge in [0.1, 0.15) is 0 Å². The molecule has 408 valence electrons. The number of rotatable bonds is 7. The Morgan fingerprint density at radius 3 is 0.652 bits per heavy atom. The van der Waals surface area contributed by atoms with Crippen molar-refractivity contribution in [2.24, 2.45) is 96.6 Å². The number of halogens is 12. The minimum absolute atomic E-state index is 0.0362. The highest BCUT2D eigenvalue weighted by molar-refractivity contribution is 4.90. The van der Waals surface area contributed by atoms with Crippen LogP contribution in [0.15, 0.2) is 0 Å². The Bertz CT molecular complexity index is 1240. The first kappa shape index (κ1) is 76.6. The molecular formula is C54H108F12. The third-order valence-electron chi connectivity index (χ3n) is 16.9. The summed E-state index contributed by atoms with van der Waals surface area (Å²) in [6.45, 7) is 61.7. The van der Waals surface area contributed by atoms with E-state index in [1.807, 2.05) is 48.5 Å². The Kier molecular flexibility index (Phi) is 30.8. The van der Waals surface area contributed by atoms with Crippen molar-refractivity contribution < 1.29 is 52.7 Å². The third-order valence-corrected chi connectivity index (χ3v) is 16.9. The fraction of sp³-hybridized carbons (Fsp3) is 1.00. The van der Waals surface area contributed by atoms with E-state index in [1.165, 1.54) is 41.5 Å². The van der Waals surface area contributed by atoms with Crippen molar-refractivity contribution in [3.8, 4) is 0 Å². The van der Waals surface area contributed by atoms with E-state index in [4.69, 9.17) is 0 Å². The van der Waals surface area contributed by atoms with Crippen molar-refractivity contribution in [2.45, 2.75) is 253 Å². The van der Waals surface area contributed by atoms with Gasteiger partial charge in [0, 0.05) is 0 Å². The van der Waals surface area contributed by atoms with Crippen LogP contribution >= 0.6 is 0 Å². The summed E-state index contributed by atoms with van der Waals surface area (Å²) in [5.74, 6) is -0.627. The number of alkyl halides is 12. The van der Waals surface area contributed by atoms with E-state index in [9.17, 15) is 52.7 Å². The molecule has 5 atom stereocenters. The summed E-state index contributed by atoms with van der Waals surface area (Å²) in [4.78, 5) is 0. The predicted molar refractivity (Wildman–Crippen MR) is 262 cm³/mol. The summed E-state index contributed by atoms with van der Waals surface area (Å²) >= 11 is 0. The molecule has 0 saturated heterocycles. The molecule has 0 rings (SSSR count). The monoisotopic (exact) mass is 985 g/mol. The van der Waals surface area contributed by atoms with Crippen molar-refractivity contribution in [3.63, 3.8) is 0 Å². The molecule has 0 N–H and O–H groups in total. The average Bonchev–Trinajstić information content (AvgIpc) is 3.04. The Labute approximate surface area is 401 Å². The molecule has 2 unspecified atom stereocenters. The zero-order chi connectivity index (χ0) is 56.2. The molecule has 0 heterocycles. The van der Waals surface area contributed by atoms with Crippen LogP contribution in [0.4, 0.5) is 52.7 Å². The van der Waals surface area contributed by atoms with Gasteiger partial charge in [0.05, 0.1) is 22.7 Å². The lowest BCUT2D eigenvalue weighted by Crippen LogP contribution is -2.43. The van der Waals surface area contributed by atoms with E-state index >= 15 is 0 Å². The highest BCUT2D eigenvalue weighted by atomic mass is 19.4. The second-order valence-electron chi connectivity index (χ2n) is 26.9. The molecule has 0 saturated carbocycles. The van der Waals surface area contributed by atoms with Gasteiger partial charge in [-0.1, -0.05) is 228 Å². The third kappa shape index (κ3) is 26.9. The molecule has 0 aliphatic heterocycles. The Hall–Kier alpha value is -0.840. The lowest BCUT2D eigenvalue weighted by atomic mass is 9.63. The fourth-order valence-electron chi connectivity index (χ4n) is 5.42. The largest absolute Gasteiger partial charge is 0.394 e. The molecular weight excluding hydrogens is 877 g/mol. The van der Waals surface area contributed by atoms with Gasteiger partial charge in [-0.25, -0.2) is 0 Å². The Morgan fingerprint density at radius 1 is 0.288 bits per heavy atom. The second-order valence-corrected chi connectivity index (χ2v) is 26.9. The molecule has 0 nitrogen and oxygen atoms in total. The summed E-state index contributed by atoms with van der Waals surface area (Å²) < 4.78 is 148. The quantitative estimate of drug-likeness (QED) is 0.223. The Balaban J connectivity index is -0.000000164. The van der Waals surface area contributed by atoms with Crippen molar-refractivity contribution in [1.82, 2.24) is 0 Å². The lowest BCUT2D eigenvalue weighted by molar-refractivity contribution is -0.243. The first-order valence-electron chi connectivity index (χ1n) is 24.1. The van der Waals surface area contributed by atoms with Crippen LogP contribution in [0.2, 0.25) is 0 Å². The SMILES string of the molecule is CC(C)(C)C(C)(C)C(F)(F)F.CC(C)C(C)(C)C(C)(C)C.CC(C)C(C)(C)C(C)C(F)(F)F.CC(C)[C@@H](C)C(C)(C)C.CC(C)[C@@H](C)C(C)C(F)(F)F.C[C@H](C(C)(C)C)C(C)(C)C(F)(F)F. The van der Waals surface area contributed by atoms with E-state index in [-0.39, 0.29) is 23.2 Å². The predicted octanol–water partition coefficient (Wildman–Crippen LogP) is 22.3. The molecule has 0 aromatic carbocycles. The van der Waals surface area contributed by atoms with Gasteiger partial charge in [0.2, 0.25) is 0 Å². The fourth-order valence-corrected chi connectivity index (χ4v) is 5.42. The van der Waals surface area contributed by atoms with Gasteiger partial charge in [-0.2, -0.15) is 52.7 Å². The number of hydrogen-bond donors (Lipinski definition) is 0. The molecule has 66 heavy (non-hydrogen) atoms. The van der Waals surface area contributed by atoms with Crippen LogP contribution < -0.4 is 0 Å². The first-order chi connectivity index (χ1) is 27.8. The van der Waals surface area contributed by atoms with Crippen LogP contribution in [-0.4, -0.2) is 24.7 Å². The van der Waals surface area contributed by atoms with Gasteiger partial charge < -0.3 is 0 Å². The van der Waals surface area contributed by atoms with E-state index < -0.39 is 64.1 Å². The van der Waals surface area contributed by atoms with Crippen molar-refractivity contribution >= 4 is 0 Å². The molecule has 0 radical (unpaired) electrons. The molecule has 0 spiro atoms. The topological polar surface area (TPSA) is 0 Å². The van der Waals surface area contributed by atoms with Crippen LogP contribution in [0.25, 0.3) is 0 Å². The van der Waals surface area contributed by atoms with E-state index in [0.717, 1.165) is 17.8 Å². The maximum absolute atomic E-state index is 12.6. The molecule has 0 aromatic rings. The maximum Gasteiger partial charge on any atom is 0.394 e. The zero-order valence-corrected chi connectivity index (χ0v) is 48.7. The highest BCUT2D eigenvalue weighted by Gasteiger charge is 2.55. The summed E-state index contributed by atoms with van der Waals surface area (Å²) in [7, 11) is 0. The molecule has 0 aliphatic carbocycles. The van der Waals surface area contributed by atoms with Crippen LogP contribution in [0.5, 0.6) is 0 Å². The van der Waals surface area contributed by atoms with E-state index in [1.54, 1.807) is 48.5 Å². The minimum atomic E-state index is -4.13. The van der Waals surface area contributed by atoms with Gasteiger partial charge in [-0.05, 0) is 73.9 Å². The van der Waals surface area contributed by atoms with Crippen LogP contribution in [0, 0.1) is 96.6 Å². The normalized spacial score (nSPS) is 16.5. The first-order valence-corrected chi connectivity index (χ1v) is 24.1. The van der Waals surface area contributed by atoms with Crippen LogP contribution in [0.3, 0.4) is 0 Å². The van der Waals surface area contributed by atoms with Crippen molar-refractivity contribution in [3.05, 3.63) is 0 Å². The average molecular weight is 985 g/mol. The second kappa shape index (κ2) is 26.6. The highest BCUT2D eigenvalue weighted by Crippen LogP contribution is 2.51. The van der Waals surface area contributed by atoms with E-state index in [0.29, 0.717) is 16.2 Å². The van der Waals surface area contributed by atoms with Gasteiger partial charge in [0.15, 0.2) is 0 Å². The van der Waals surface area contributed by atoms with Gasteiger partial charge in [-0.3, -0.25) is 0 Å². The molecule has 0 bridgehead atoms. The van der Waals surface area contributed by atoms with Gasteiger partial charge in [0.25, 0.3) is 0 Å². The summed E-state index contributed by atoms with van der Waals surface area (Å²) in [5, 5.41) is 0. The molecule has 0 amide bonds. The molecule has 12 heteroatoms. The zero-order valence-electron chi connectivity index (χ0n) is 48.7. The standard InChI is InChI=1S/C10H19F3.C10H22.C9H17F3.C9H20.2C8H15F3/c1-7(8(2,3)4)9(5,6)10(11,12)13;1-8(2)10(6,7)9(3,4)5;1-6(2)8(4,5)7(3)9(10,11)12;1-7(2)8(3)9(4,5)6;1-6(2,3)7(4,5)8(9,10)11;1-5(2)6(3)7(4)8(9,10)11/h7H,1-6H3;8H,1-7H3;6-7H,1-5H3;7-8H,1-6H3;1-5H3;5-7H,1-4H3/t7-;;;8-;;6-,7?/m1..1.1/s1. The molecule has 0 aromatic heterocycles. The summed E-state index contributed by atoms with van der Waals surface area (Å²) in [6, 6.07) is 0. The Morgan fingerprint density at radius 2 is 0.606 bits per heavy atom. The summed E-state index contributed by atoms with van der Waals surface area (Å²) in [6.07, 6.45) is -16.4. The van der Waals surface area contributed by atoms with Crippen LogP contribution in [0.1, 0.15) is 228 Å². The molecule has 0 aliphatic rings. The van der Waals surface area contributed by atoms with Crippen molar-refractivity contribution in [1.29, 1.82) is 0 Å². The van der Waals surface area contributed by atoms with Crippen molar-refractivity contribution in [2.75, 3.05) is 0 Å². The van der Waals surface area contributed by atoms with E-state index in [2.05, 4.69) is 90.0 Å². The lowest BCUT2D eigenvalue weighted by Gasteiger charge is -2.42. The van der Waals surface area contributed by atoms with Crippen LogP contribution in [-0.2, 0) is 0 Å². The summed E-state index contributed by atoms with van der Waals surface area (Å²) in [5.41, 5.74) is -3.66. The minimum Gasteiger partial charge on any atom is -0.171 e. The smallest absolute Gasteiger partial charge is 0.171 e. The number of hydrogen-bond acceptors (Lipinski definition) is 0. The molecule has 0 fully saturated rings. The van der Waals surface area contributed by atoms with Gasteiger partial charge in [-0.15, -0.1) is 0 Å². The van der Waals surface area contributed by atoms with Gasteiger partial charge >= 0.3 is 24.7 Å². The maximum atomic E-state index is 12.6.